The third-order valence-corrected chi connectivity index (χ3v) is 4.68. The highest BCUT2D eigenvalue weighted by atomic mass is 19.1. The molecule has 4 rings (SSSR count). The lowest BCUT2D eigenvalue weighted by molar-refractivity contribution is -0.117. The summed E-state index contributed by atoms with van der Waals surface area (Å²) in [4.78, 5) is 18.6. The van der Waals surface area contributed by atoms with Crippen LogP contribution >= 0.6 is 0 Å². The molecule has 0 spiro atoms. The first-order chi connectivity index (χ1) is 13.6. The zero-order valence-electron chi connectivity index (χ0n) is 15.4. The third-order valence-electron chi connectivity index (χ3n) is 4.68. The van der Waals surface area contributed by atoms with Crippen LogP contribution in [0.5, 0.6) is 11.5 Å². The van der Waals surface area contributed by atoms with E-state index in [1.54, 1.807) is 49.5 Å². The first-order valence-corrected chi connectivity index (χ1v) is 8.71. The number of halogens is 1. The maximum atomic E-state index is 13.4. The van der Waals surface area contributed by atoms with Gasteiger partial charge in [-0.2, -0.15) is 4.98 Å². The van der Waals surface area contributed by atoms with Crippen LogP contribution in [-0.4, -0.2) is 36.8 Å². The molecule has 1 saturated heterocycles. The first kappa shape index (κ1) is 18.0. The van der Waals surface area contributed by atoms with Crippen molar-refractivity contribution in [3.05, 3.63) is 54.2 Å². The van der Waals surface area contributed by atoms with E-state index < -0.39 is 0 Å². The van der Waals surface area contributed by atoms with Crippen molar-refractivity contribution in [2.45, 2.75) is 12.3 Å². The molecule has 0 saturated carbocycles. The largest absolute Gasteiger partial charge is 0.493 e. The van der Waals surface area contributed by atoms with E-state index in [0.717, 1.165) is 0 Å². The number of amides is 1. The monoisotopic (exact) mass is 383 g/mol. The number of anilines is 1. The van der Waals surface area contributed by atoms with Crippen molar-refractivity contribution in [3.8, 4) is 22.9 Å². The summed E-state index contributed by atoms with van der Waals surface area (Å²) in [6.07, 6.45) is 0.249. The lowest BCUT2D eigenvalue weighted by atomic mass is 10.1. The summed E-state index contributed by atoms with van der Waals surface area (Å²) >= 11 is 0. The fourth-order valence-corrected chi connectivity index (χ4v) is 3.26. The second-order valence-electron chi connectivity index (χ2n) is 6.41. The van der Waals surface area contributed by atoms with Crippen molar-refractivity contribution in [1.29, 1.82) is 0 Å². The highest BCUT2D eigenvalue weighted by Gasteiger charge is 2.35. The van der Waals surface area contributed by atoms with Crippen LogP contribution in [0.4, 0.5) is 10.1 Å². The number of nitrogens with zero attached hydrogens (tertiary/aromatic N) is 3. The second kappa shape index (κ2) is 7.30. The van der Waals surface area contributed by atoms with Crippen molar-refractivity contribution < 1.29 is 23.2 Å². The van der Waals surface area contributed by atoms with Gasteiger partial charge in [0.25, 0.3) is 0 Å². The maximum absolute atomic E-state index is 13.4. The van der Waals surface area contributed by atoms with E-state index >= 15 is 0 Å². The van der Waals surface area contributed by atoms with Gasteiger partial charge < -0.3 is 18.9 Å². The van der Waals surface area contributed by atoms with E-state index in [0.29, 0.717) is 41.0 Å². The second-order valence-corrected chi connectivity index (χ2v) is 6.41. The molecule has 1 unspecified atom stereocenters. The van der Waals surface area contributed by atoms with Crippen molar-refractivity contribution in [2.75, 3.05) is 25.7 Å². The quantitative estimate of drug-likeness (QED) is 0.672. The van der Waals surface area contributed by atoms with Gasteiger partial charge in [0.05, 0.1) is 20.1 Å². The zero-order valence-corrected chi connectivity index (χ0v) is 15.4. The van der Waals surface area contributed by atoms with Crippen molar-refractivity contribution >= 4 is 11.6 Å². The van der Waals surface area contributed by atoms with Gasteiger partial charge in [-0.3, -0.25) is 4.79 Å². The molecule has 1 fully saturated rings. The molecule has 2 aromatic carbocycles. The summed E-state index contributed by atoms with van der Waals surface area (Å²) in [6, 6.07) is 11.3. The predicted octanol–water partition coefficient (Wildman–Crippen LogP) is 3.41. The zero-order chi connectivity index (χ0) is 19.7. The molecular weight excluding hydrogens is 365 g/mol. The van der Waals surface area contributed by atoms with E-state index in [2.05, 4.69) is 10.1 Å². The van der Waals surface area contributed by atoms with Gasteiger partial charge in [-0.1, -0.05) is 17.3 Å². The Morgan fingerprint density at radius 3 is 2.71 bits per heavy atom. The number of rotatable bonds is 5. The molecular formula is C20H18FN3O4. The van der Waals surface area contributed by atoms with Gasteiger partial charge in [0.15, 0.2) is 11.5 Å². The van der Waals surface area contributed by atoms with E-state index in [-0.39, 0.29) is 24.1 Å². The van der Waals surface area contributed by atoms with Gasteiger partial charge in [0.2, 0.25) is 17.6 Å². The van der Waals surface area contributed by atoms with Gasteiger partial charge in [-0.25, -0.2) is 4.39 Å². The molecule has 1 aliphatic heterocycles. The highest BCUT2D eigenvalue weighted by molar-refractivity contribution is 5.96. The van der Waals surface area contributed by atoms with Crippen molar-refractivity contribution in [1.82, 2.24) is 10.1 Å². The lowest BCUT2D eigenvalue weighted by Gasteiger charge is -2.18. The van der Waals surface area contributed by atoms with E-state index in [1.165, 1.54) is 12.1 Å². The van der Waals surface area contributed by atoms with Gasteiger partial charge in [-0.05, 0) is 24.3 Å². The Kier molecular flexibility index (Phi) is 4.68. The van der Waals surface area contributed by atoms with Crippen LogP contribution in [0.25, 0.3) is 11.4 Å². The van der Waals surface area contributed by atoms with E-state index in [1.807, 2.05) is 0 Å². The minimum absolute atomic E-state index is 0.0530. The average molecular weight is 383 g/mol. The number of carbonyl (C=O) groups is 1. The number of ether oxygens (including phenoxy) is 2. The standard InChI is InChI=1S/C20H18FN3O4/c1-26-16-7-6-15(10-17(16)27-2)24-11-13(9-18(24)25)20-22-19(23-28-20)12-4-3-5-14(21)8-12/h3-8,10,13H,9,11H2,1-2H3. The molecule has 0 N–H and O–H groups in total. The lowest BCUT2D eigenvalue weighted by Crippen LogP contribution is -2.24. The van der Waals surface area contributed by atoms with Crippen LogP contribution in [-0.2, 0) is 4.79 Å². The van der Waals surface area contributed by atoms with Crippen LogP contribution in [0.3, 0.4) is 0 Å². The Morgan fingerprint density at radius 2 is 1.96 bits per heavy atom. The molecule has 1 atom stereocenters. The predicted molar refractivity (Wildman–Crippen MR) is 98.9 cm³/mol. The van der Waals surface area contributed by atoms with Crippen LogP contribution in [0.1, 0.15) is 18.2 Å². The van der Waals surface area contributed by atoms with Gasteiger partial charge in [0, 0.05) is 30.3 Å². The minimum Gasteiger partial charge on any atom is -0.493 e. The molecule has 1 aliphatic rings. The molecule has 2 heterocycles. The number of methoxy groups -OCH3 is 2. The Hall–Kier alpha value is -3.42. The molecule has 3 aromatic rings. The van der Waals surface area contributed by atoms with Crippen LogP contribution in [0.2, 0.25) is 0 Å². The van der Waals surface area contributed by atoms with Crippen LogP contribution < -0.4 is 14.4 Å². The fraction of sp³-hybridized carbons (Fsp3) is 0.250. The summed E-state index contributed by atoms with van der Waals surface area (Å²) in [6.45, 7) is 0.402. The SMILES string of the molecule is COc1ccc(N2CC(c3nc(-c4cccc(F)c4)no3)CC2=O)cc1OC. The molecule has 0 bridgehead atoms. The Balaban J connectivity index is 1.56. The van der Waals surface area contributed by atoms with Gasteiger partial charge in [0.1, 0.15) is 5.82 Å². The summed E-state index contributed by atoms with van der Waals surface area (Å²) < 4.78 is 29.3. The summed E-state index contributed by atoms with van der Waals surface area (Å²) in [7, 11) is 3.10. The highest BCUT2D eigenvalue weighted by Crippen LogP contribution is 2.36. The number of benzene rings is 2. The third kappa shape index (κ3) is 3.28. The van der Waals surface area contributed by atoms with Crippen LogP contribution in [0.15, 0.2) is 47.0 Å². The summed E-state index contributed by atoms with van der Waals surface area (Å²) in [5, 5.41) is 3.93. The van der Waals surface area contributed by atoms with Gasteiger partial charge >= 0.3 is 0 Å². The Morgan fingerprint density at radius 1 is 1.14 bits per heavy atom. The number of carbonyl (C=O) groups excluding carboxylic acids is 1. The molecule has 28 heavy (non-hydrogen) atoms. The average Bonchev–Trinajstić information content (AvgIpc) is 3.34. The van der Waals surface area contributed by atoms with E-state index in [4.69, 9.17) is 14.0 Å². The molecule has 144 valence electrons. The molecule has 8 heteroatoms. The van der Waals surface area contributed by atoms with Crippen molar-refractivity contribution in [3.63, 3.8) is 0 Å². The molecule has 1 amide bonds. The van der Waals surface area contributed by atoms with E-state index in [9.17, 15) is 9.18 Å². The number of hydrogen-bond donors (Lipinski definition) is 0. The molecule has 7 nitrogen and oxygen atoms in total. The smallest absolute Gasteiger partial charge is 0.232 e. The van der Waals surface area contributed by atoms with Crippen LogP contribution in [0, 0.1) is 5.82 Å². The molecule has 0 aliphatic carbocycles. The normalized spacial score (nSPS) is 16.5. The fourth-order valence-electron chi connectivity index (χ4n) is 3.26. The van der Waals surface area contributed by atoms with Gasteiger partial charge in [-0.15, -0.1) is 0 Å². The summed E-state index contributed by atoms with van der Waals surface area (Å²) in [5.74, 6) is 1.12. The first-order valence-electron chi connectivity index (χ1n) is 8.71. The summed E-state index contributed by atoms with van der Waals surface area (Å²) in [5.41, 5.74) is 1.23. The van der Waals surface area contributed by atoms with Crippen molar-refractivity contribution in [2.24, 2.45) is 0 Å². The Bertz CT molecular complexity index is 1020. The number of aromatic nitrogens is 2. The molecule has 0 radical (unpaired) electrons. The Labute approximate surface area is 160 Å². The molecule has 1 aromatic heterocycles. The number of hydrogen-bond acceptors (Lipinski definition) is 6. The topological polar surface area (TPSA) is 77.7 Å². The minimum atomic E-state index is -0.375. The maximum Gasteiger partial charge on any atom is 0.232 e.